The zero-order chi connectivity index (χ0) is 13.0. The van der Waals surface area contributed by atoms with Gasteiger partial charge in [-0.05, 0) is 24.5 Å². The summed E-state index contributed by atoms with van der Waals surface area (Å²) in [6.07, 6.45) is 7.37. The predicted molar refractivity (Wildman–Crippen MR) is 72.9 cm³/mol. The van der Waals surface area contributed by atoms with Crippen LogP contribution >= 0.6 is 11.8 Å². The van der Waals surface area contributed by atoms with Crippen LogP contribution in [0.15, 0.2) is 29.6 Å². The van der Waals surface area contributed by atoms with E-state index < -0.39 is 0 Å². The number of thioether (sulfide) groups is 1. The summed E-state index contributed by atoms with van der Waals surface area (Å²) in [5, 5.41) is 9.88. The third-order valence-corrected chi connectivity index (χ3v) is 3.49. The molecule has 2 aromatic rings. The zero-order valence-electron chi connectivity index (χ0n) is 10.1. The summed E-state index contributed by atoms with van der Waals surface area (Å²) in [4.78, 5) is 20.4. The molecule has 0 aliphatic carbocycles. The molecule has 2 rings (SSSR count). The molecule has 0 bridgehead atoms. The van der Waals surface area contributed by atoms with Gasteiger partial charge in [0.05, 0.1) is 29.9 Å². The Morgan fingerprint density at radius 3 is 3.11 bits per heavy atom. The average molecular weight is 265 g/mol. The van der Waals surface area contributed by atoms with E-state index in [1.165, 1.54) is 17.1 Å². The molecule has 18 heavy (non-hydrogen) atoms. The average Bonchev–Trinajstić information content (AvgIpc) is 2.42. The molecular weight excluding hydrogens is 250 g/mol. The van der Waals surface area contributed by atoms with E-state index in [-0.39, 0.29) is 18.2 Å². The molecule has 0 saturated heterocycles. The van der Waals surface area contributed by atoms with Crippen molar-refractivity contribution in [1.29, 1.82) is 0 Å². The highest BCUT2D eigenvalue weighted by atomic mass is 32.2. The van der Waals surface area contributed by atoms with Crippen LogP contribution in [0.3, 0.4) is 0 Å². The van der Waals surface area contributed by atoms with E-state index in [4.69, 9.17) is 0 Å². The molecule has 0 unspecified atom stereocenters. The quantitative estimate of drug-likeness (QED) is 0.876. The van der Waals surface area contributed by atoms with E-state index in [9.17, 15) is 9.90 Å². The normalized spacial score (nSPS) is 12.8. The van der Waals surface area contributed by atoms with Crippen LogP contribution in [0, 0.1) is 0 Å². The SMILES string of the molecule is CSCC[C@@H](CO)n1cnc2ccncc2c1=O. The molecule has 0 saturated carbocycles. The molecule has 1 atom stereocenters. The molecule has 0 amide bonds. The van der Waals surface area contributed by atoms with Gasteiger partial charge in [-0.25, -0.2) is 4.98 Å². The van der Waals surface area contributed by atoms with Crippen molar-refractivity contribution in [2.24, 2.45) is 0 Å². The van der Waals surface area contributed by atoms with Crippen molar-refractivity contribution in [3.8, 4) is 0 Å². The number of aromatic nitrogens is 3. The first-order chi connectivity index (χ1) is 8.77. The minimum absolute atomic E-state index is 0.0616. The maximum atomic E-state index is 12.3. The first kappa shape index (κ1) is 13.0. The number of nitrogens with zero attached hydrogens (tertiary/aromatic N) is 3. The van der Waals surface area contributed by atoms with Crippen molar-refractivity contribution in [3.63, 3.8) is 0 Å². The fourth-order valence-electron chi connectivity index (χ4n) is 1.81. The highest BCUT2D eigenvalue weighted by Gasteiger charge is 2.13. The van der Waals surface area contributed by atoms with Crippen LogP contribution in [0.25, 0.3) is 10.9 Å². The molecule has 96 valence electrons. The Balaban J connectivity index is 2.44. The van der Waals surface area contributed by atoms with E-state index in [1.807, 2.05) is 6.26 Å². The fourth-order valence-corrected chi connectivity index (χ4v) is 2.32. The van der Waals surface area contributed by atoms with E-state index in [1.54, 1.807) is 24.0 Å². The summed E-state index contributed by atoms with van der Waals surface area (Å²) in [7, 11) is 0. The first-order valence-corrected chi connectivity index (χ1v) is 7.08. The van der Waals surface area contributed by atoms with E-state index in [0.29, 0.717) is 10.9 Å². The van der Waals surface area contributed by atoms with Gasteiger partial charge in [-0.15, -0.1) is 0 Å². The Labute approximate surface area is 109 Å². The summed E-state index contributed by atoms with van der Waals surface area (Å²) < 4.78 is 1.50. The second-order valence-corrected chi connectivity index (χ2v) is 4.95. The van der Waals surface area contributed by atoms with E-state index in [0.717, 1.165) is 12.2 Å². The molecule has 0 fully saturated rings. The van der Waals surface area contributed by atoms with Gasteiger partial charge in [0.15, 0.2) is 0 Å². The third kappa shape index (κ3) is 2.54. The standard InChI is InChI=1S/C12H15N3O2S/c1-18-5-3-9(7-16)15-8-14-11-2-4-13-6-10(11)12(15)17/h2,4,6,8-9,16H,3,5,7H2,1H3/t9-/m0/s1. The van der Waals surface area contributed by atoms with Crippen molar-refractivity contribution in [2.45, 2.75) is 12.5 Å². The lowest BCUT2D eigenvalue weighted by Crippen LogP contribution is -2.27. The van der Waals surface area contributed by atoms with Crippen LogP contribution in [-0.4, -0.2) is 38.3 Å². The van der Waals surface area contributed by atoms with E-state index in [2.05, 4.69) is 9.97 Å². The largest absolute Gasteiger partial charge is 0.394 e. The number of fused-ring (bicyclic) bond motifs is 1. The molecule has 0 aliphatic heterocycles. The number of aliphatic hydroxyl groups is 1. The molecular formula is C12H15N3O2S. The van der Waals surface area contributed by atoms with Gasteiger partial charge in [0.25, 0.3) is 5.56 Å². The van der Waals surface area contributed by atoms with Gasteiger partial charge >= 0.3 is 0 Å². The number of rotatable bonds is 5. The molecule has 5 nitrogen and oxygen atoms in total. The highest BCUT2D eigenvalue weighted by molar-refractivity contribution is 7.98. The third-order valence-electron chi connectivity index (χ3n) is 2.84. The second kappa shape index (κ2) is 5.97. The fraction of sp³-hybridized carbons (Fsp3) is 0.417. The number of pyridine rings is 1. The van der Waals surface area contributed by atoms with Crippen LogP contribution in [0.5, 0.6) is 0 Å². The van der Waals surface area contributed by atoms with Gasteiger partial charge < -0.3 is 5.11 Å². The molecule has 0 aromatic carbocycles. The summed E-state index contributed by atoms with van der Waals surface area (Å²) in [6.45, 7) is -0.0616. The lowest BCUT2D eigenvalue weighted by atomic mass is 10.2. The first-order valence-electron chi connectivity index (χ1n) is 5.68. The summed E-state index contributed by atoms with van der Waals surface area (Å²) in [5.74, 6) is 0.892. The Kier molecular flexibility index (Phi) is 4.33. The van der Waals surface area contributed by atoms with Crippen LogP contribution < -0.4 is 5.56 Å². The lowest BCUT2D eigenvalue weighted by Gasteiger charge is -2.16. The second-order valence-electron chi connectivity index (χ2n) is 3.97. The van der Waals surface area contributed by atoms with Gasteiger partial charge in [-0.1, -0.05) is 0 Å². The molecule has 2 aromatic heterocycles. The van der Waals surface area contributed by atoms with Crippen molar-refractivity contribution in [1.82, 2.24) is 14.5 Å². The number of hydrogen-bond acceptors (Lipinski definition) is 5. The molecule has 2 heterocycles. The Morgan fingerprint density at radius 1 is 1.56 bits per heavy atom. The van der Waals surface area contributed by atoms with Crippen molar-refractivity contribution in [2.75, 3.05) is 18.6 Å². The van der Waals surface area contributed by atoms with Crippen LogP contribution in [0.4, 0.5) is 0 Å². The minimum Gasteiger partial charge on any atom is -0.394 e. The maximum Gasteiger partial charge on any atom is 0.263 e. The number of aliphatic hydroxyl groups excluding tert-OH is 1. The van der Waals surface area contributed by atoms with Crippen LogP contribution in [0.1, 0.15) is 12.5 Å². The van der Waals surface area contributed by atoms with Crippen molar-refractivity contribution >= 4 is 22.7 Å². The highest BCUT2D eigenvalue weighted by Crippen LogP contribution is 2.13. The van der Waals surface area contributed by atoms with Crippen molar-refractivity contribution in [3.05, 3.63) is 35.1 Å². The summed E-state index contributed by atoms with van der Waals surface area (Å²) in [5.41, 5.74) is 0.487. The van der Waals surface area contributed by atoms with Gasteiger partial charge in [0.2, 0.25) is 0 Å². The smallest absolute Gasteiger partial charge is 0.263 e. The minimum atomic E-state index is -0.220. The van der Waals surface area contributed by atoms with E-state index >= 15 is 0 Å². The molecule has 6 heteroatoms. The molecule has 0 aliphatic rings. The van der Waals surface area contributed by atoms with Crippen molar-refractivity contribution < 1.29 is 5.11 Å². The number of hydrogen-bond donors (Lipinski definition) is 1. The topological polar surface area (TPSA) is 68.0 Å². The summed E-state index contributed by atoms with van der Waals surface area (Å²) >= 11 is 1.69. The Morgan fingerprint density at radius 2 is 2.39 bits per heavy atom. The van der Waals surface area contributed by atoms with Gasteiger partial charge in [0, 0.05) is 12.4 Å². The van der Waals surface area contributed by atoms with Crippen LogP contribution in [0.2, 0.25) is 0 Å². The van der Waals surface area contributed by atoms with Gasteiger partial charge in [-0.2, -0.15) is 11.8 Å². The Hall–Kier alpha value is -1.40. The monoisotopic (exact) mass is 265 g/mol. The van der Waals surface area contributed by atoms with Crippen LogP contribution in [-0.2, 0) is 0 Å². The Bertz CT molecular complexity index is 585. The molecule has 0 spiro atoms. The zero-order valence-corrected chi connectivity index (χ0v) is 10.9. The predicted octanol–water partition coefficient (Wildman–Crippen LogP) is 1.08. The summed E-state index contributed by atoms with van der Waals surface area (Å²) in [6, 6.07) is 1.48. The maximum absolute atomic E-state index is 12.3. The van der Waals surface area contributed by atoms with Gasteiger partial charge in [-0.3, -0.25) is 14.3 Å². The molecule has 0 radical (unpaired) electrons. The lowest BCUT2D eigenvalue weighted by molar-refractivity contribution is 0.222. The molecule has 1 N–H and O–H groups in total. The van der Waals surface area contributed by atoms with Gasteiger partial charge in [0.1, 0.15) is 0 Å².